The number of thiophene rings is 1. The molecule has 142 valence electrons. The van der Waals surface area contributed by atoms with E-state index in [1.807, 2.05) is 54.0 Å². The summed E-state index contributed by atoms with van der Waals surface area (Å²) < 4.78 is 1.79. The first-order valence-corrected chi connectivity index (χ1v) is 9.81. The SMILES string of the molecule is CC1CNCCC1NC(=O)c1cn(-c2ccccc2)nc1-c1cccs1.Cl. The Morgan fingerprint density at radius 3 is 2.78 bits per heavy atom. The Bertz CT molecular complexity index is 879. The van der Waals surface area contributed by atoms with E-state index in [0.717, 1.165) is 35.8 Å². The largest absolute Gasteiger partial charge is 0.349 e. The molecule has 1 saturated heterocycles. The molecule has 1 aliphatic heterocycles. The van der Waals surface area contributed by atoms with Gasteiger partial charge in [0.25, 0.3) is 5.91 Å². The maximum Gasteiger partial charge on any atom is 0.255 e. The third-order valence-corrected chi connectivity index (χ3v) is 5.71. The molecule has 2 N–H and O–H groups in total. The summed E-state index contributed by atoms with van der Waals surface area (Å²) in [6, 6.07) is 14.1. The Morgan fingerprint density at radius 2 is 2.07 bits per heavy atom. The molecule has 0 saturated carbocycles. The van der Waals surface area contributed by atoms with Crippen LogP contribution in [-0.2, 0) is 0 Å². The number of benzene rings is 1. The highest BCUT2D eigenvalue weighted by Crippen LogP contribution is 2.28. The first kappa shape index (κ1) is 19.6. The van der Waals surface area contributed by atoms with Crippen molar-refractivity contribution in [1.82, 2.24) is 20.4 Å². The molecule has 0 radical (unpaired) electrons. The molecule has 1 amide bonds. The van der Waals surface area contributed by atoms with E-state index in [2.05, 4.69) is 17.6 Å². The molecule has 2 unspecified atom stereocenters. The highest BCUT2D eigenvalue weighted by atomic mass is 35.5. The fourth-order valence-electron chi connectivity index (χ4n) is 3.32. The second-order valence-corrected chi connectivity index (χ2v) is 7.65. The van der Waals surface area contributed by atoms with E-state index in [1.54, 1.807) is 16.0 Å². The molecule has 0 spiro atoms. The van der Waals surface area contributed by atoms with Gasteiger partial charge in [-0.3, -0.25) is 4.79 Å². The van der Waals surface area contributed by atoms with Gasteiger partial charge in [0.2, 0.25) is 0 Å². The smallest absolute Gasteiger partial charge is 0.255 e. The normalized spacial score (nSPS) is 19.3. The van der Waals surface area contributed by atoms with Crippen molar-refractivity contribution in [2.24, 2.45) is 5.92 Å². The lowest BCUT2D eigenvalue weighted by atomic mass is 9.95. The highest BCUT2D eigenvalue weighted by molar-refractivity contribution is 7.13. The van der Waals surface area contributed by atoms with Gasteiger partial charge in [-0.05, 0) is 49.0 Å². The molecule has 1 aromatic carbocycles. The van der Waals surface area contributed by atoms with Crippen LogP contribution in [0.2, 0.25) is 0 Å². The van der Waals surface area contributed by atoms with Gasteiger partial charge in [0.15, 0.2) is 0 Å². The van der Waals surface area contributed by atoms with Crippen LogP contribution in [0.25, 0.3) is 16.3 Å². The van der Waals surface area contributed by atoms with Gasteiger partial charge in [-0.15, -0.1) is 23.7 Å². The van der Waals surface area contributed by atoms with Crippen molar-refractivity contribution < 1.29 is 4.79 Å². The average Bonchev–Trinajstić information content (AvgIpc) is 3.34. The van der Waals surface area contributed by atoms with Crippen LogP contribution in [0, 0.1) is 5.92 Å². The maximum atomic E-state index is 13.0. The summed E-state index contributed by atoms with van der Waals surface area (Å²) in [6.07, 6.45) is 2.79. The van der Waals surface area contributed by atoms with Crippen LogP contribution in [0.15, 0.2) is 54.0 Å². The Morgan fingerprint density at radius 1 is 1.26 bits per heavy atom. The van der Waals surface area contributed by atoms with E-state index in [-0.39, 0.29) is 24.4 Å². The number of nitrogens with zero attached hydrogens (tertiary/aromatic N) is 2. The minimum atomic E-state index is -0.0469. The van der Waals surface area contributed by atoms with Gasteiger partial charge in [0.1, 0.15) is 5.69 Å². The van der Waals surface area contributed by atoms with Crippen molar-refractivity contribution in [3.8, 4) is 16.3 Å². The fourth-order valence-corrected chi connectivity index (χ4v) is 4.05. The first-order chi connectivity index (χ1) is 12.7. The topological polar surface area (TPSA) is 58.9 Å². The van der Waals surface area contributed by atoms with Gasteiger partial charge >= 0.3 is 0 Å². The molecule has 5 nitrogen and oxygen atoms in total. The number of hydrogen-bond acceptors (Lipinski definition) is 4. The molecule has 3 heterocycles. The van der Waals surface area contributed by atoms with Crippen LogP contribution >= 0.6 is 23.7 Å². The summed E-state index contributed by atoms with van der Waals surface area (Å²) in [6.45, 7) is 4.05. The van der Waals surface area contributed by atoms with Crippen LogP contribution in [0.5, 0.6) is 0 Å². The molecule has 4 rings (SSSR count). The zero-order valence-electron chi connectivity index (χ0n) is 15.1. The molecule has 3 aromatic rings. The van der Waals surface area contributed by atoms with Crippen molar-refractivity contribution in [2.75, 3.05) is 13.1 Å². The van der Waals surface area contributed by atoms with Crippen LogP contribution in [0.1, 0.15) is 23.7 Å². The van der Waals surface area contributed by atoms with Gasteiger partial charge in [-0.1, -0.05) is 31.2 Å². The lowest BCUT2D eigenvalue weighted by molar-refractivity contribution is 0.0915. The lowest BCUT2D eigenvalue weighted by Gasteiger charge is -2.30. The zero-order valence-corrected chi connectivity index (χ0v) is 16.7. The molecule has 1 fully saturated rings. The molecule has 0 aliphatic carbocycles. The van der Waals surface area contributed by atoms with Crippen molar-refractivity contribution in [2.45, 2.75) is 19.4 Å². The highest BCUT2D eigenvalue weighted by Gasteiger charge is 2.26. The van der Waals surface area contributed by atoms with Crippen LogP contribution < -0.4 is 10.6 Å². The molecule has 7 heteroatoms. The van der Waals surface area contributed by atoms with E-state index in [0.29, 0.717) is 11.5 Å². The Balaban J connectivity index is 0.00000210. The van der Waals surface area contributed by atoms with Crippen molar-refractivity contribution >= 4 is 29.7 Å². The van der Waals surface area contributed by atoms with Crippen molar-refractivity contribution in [3.63, 3.8) is 0 Å². The minimum Gasteiger partial charge on any atom is -0.349 e. The van der Waals surface area contributed by atoms with E-state index in [4.69, 9.17) is 5.10 Å². The summed E-state index contributed by atoms with van der Waals surface area (Å²) in [5.41, 5.74) is 2.31. The number of nitrogens with one attached hydrogen (secondary N) is 2. The monoisotopic (exact) mass is 402 g/mol. The van der Waals surface area contributed by atoms with E-state index in [1.165, 1.54) is 0 Å². The number of halogens is 1. The third-order valence-electron chi connectivity index (χ3n) is 4.84. The standard InChI is InChI=1S/C20H22N4OS.ClH/c1-14-12-21-10-9-17(14)22-20(25)16-13-24(15-6-3-2-4-7-15)23-19(16)18-8-5-11-26-18;/h2-8,11,13-14,17,21H,9-10,12H2,1H3,(H,22,25);1H. The van der Waals surface area contributed by atoms with E-state index in [9.17, 15) is 4.79 Å². The summed E-state index contributed by atoms with van der Waals surface area (Å²) in [7, 11) is 0. The summed E-state index contributed by atoms with van der Waals surface area (Å²) in [5, 5.41) is 13.3. The first-order valence-electron chi connectivity index (χ1n) is 8.93. The quantitative estimate of drug-likeness (QED) is 0.698. The van der Waals surface area contributed by atoms with Crippen LogP contribution in [0.3, 0.4) is 0 Å². The second-order valence-electron chi connectivity index (χ2n) is 6.70. The van der Waals surface area contributed by atoms with Gasteiger partial charge in [0.05, 0.1) is 16.1 Å². The molecule has 27 heavy (non-hydrogen) atoms. The number of amides is 1. The van der Waals surface area contributed by atoms with Crippen molar-refractivity contribution in [3.05, 3.63) is 59.6 Å². The summed E-state index contributed by atoms with van der Waals surface area (Å²) in [4.78, 5) is 14.0. The van der Waals surface area contributed by atoms with Crippen molar-refractivity contribution in [1.29, 1.82) is 0 Å². The Labute approximate surface area is 169 Å². The molecule has 0 bridgehead atoms. The van der Waals surface area contributed by atoms with Gasteiger partial charge in [0, 0.05) is 12.2 Å². The number of rotatable bonds is 4. The number of hydrogen-bond donors (Lipinski definition) is 2. The molecular weight excluding hydrogens is 380 g/mol. The predicted molar refractivity (Wildman–Crippen MR) is 112 cm³/mol. The minimum absolute atomic E-state index is 0. The number of carbonyl (C=O) groups is 1. The lowest BCUT2D eigenvalue weighted by Crippen LogP contribution is -2.48. The Hall–Kier alpha value is -2.15. The molecular formula is C20H23ClN4OS. The summed E-state index contributed by atoms with van der Waals surface area (Å²) >= 11 is 1.60. The molecule has 2 atom stereocenters. The number of aromatic nitrogens is 2. The third kappa shape index (κ3) is 4.24. The number of para-hydroxylation sites is 1. The molecule has 2 aromatic heterocycles. The van der Waals surface area contributed by atoms with Gasteiger partial charge < -0.3 is 10.6 Å². The number of carbonyl (C=O) groups excluding carboxylic acids is 1. The van der Waals surface area contributed by atoms with E-state index < -0.39 is 0 Å². The second kappa shape index (κ2) is 8.69. The van der Waals surface area contributed by atoms with Gasteiger partial charge in [-0.25, -0.2) is 4.68 Å². The maximum absolute atomic E-state index is 13.0. The van der Waals surface area contributed by atoms with Gasteiger partial charge in [-0.2, -0.15) is 5.10 Å². The average molecular weight is 403 g/mol. The number of piperidine rings is 1. The van der Waals surface area contributed by atoms with E-state index >= 15 is 0 Å². The zero-order chi connectivity index (χ0) is 17.9. The summed E-state index contributed by atoms with van der Waals surface area (Å²) in [5.74, 6) is 0.372. The van der Waals surface area contributed by atoms with Crippen LogP contribution in [0.4, 0.5) is 0 Å². The predicted octanol–water partition coefficient (Wildman–Crippen LogP) is 3.75. The fraction of sp³-hybridized carbons (Fsp3) is 0.300. The molecule has 1 aliphatic rings. The Kier molecular flexibility index (Phi) is 6.31. The van der Waals surface area contributed by atoms with Crippen LogP contribution in [-0.4, -0.2) is 34.8 Å².